The zero-order chi connectivity index (χ0) is 28.6. The highest BCUT2D eigenvalue weighted by molar-refractivity contribution is 7.90. The van der Waals surface area contributed by atoms with Crippen LogP contribution in [0.4, 0.5) is 18.9 Å². The second-order valence-corrected chi connectivity index (χ2v) is 12.4. The second kappa shape index (κ2) is 10.8. The summed E-state index contributed by atoms with van der Waals surface area (Å²) in [6.45, 7) is -1.35. The number of rotatable bonds is 6. The molecule has 4 N–H and O–H groups in total. The molecule has 3 aromatic rings. The van der Waals surface area contributed by atoms with Crippen molar-refractivity contribution in [3.05, 3.63) is 53.7 Å². The molecule has 1 aliphatic rings. The van der Waals surface area contributed by atoms with Gasteiger partial charge in [-0.15, -0.1) is 0 Å². The maximum absolute atomic E-state index is 13.6. The third kappa shape index (κ3) is 6.52. The molecule has 0 amide bonds. The Kier molecular flexibility index (Phi) is 7.94. The van der Waals surface area contributed by atoms with Crippen LogP contribution in [0, 0.1) is 11.8 Å². The predicted molar refractivity (Wildman–Crippen MR) is 146 cm³/mol. The number of hydrogen-bond acceptors (Lipinski definition) is 6. The first-order valence-corrected chi connectivity index (χ1v) is 14.4. The predicted octanol–water partition coefficient (Wildman–Crippen LogP) is 4.28. The Morgan fingerprint density at radius 1 is 1.15 bits per heavy atom. The summed E-state index contributed by atoms with van der Waals surface area (Å²) < 4.78 is 70.8. The number of nitrogens with zero attached hydrogens (tertiary/aromatic N) is 2. The Labute approximate surface area is 226 Å². The molecule has 1 aromatic heterocycles. The van der Waals surface area contributed by atoms with Crippen molar-refractivity contribution in [3.8, 4) is 17.6 Å². The molecule has 0 atom stereocenters. The van der Waals surface area contributed by atoms with Gasteiger partial charge in [-0.25, -0.2) is 8.42 Å². The monoisotopic (exact) mass is 562 g/mol. The van der Waals surface area contributed by atoms with Crippen LogP contribution in [-0.4, -0.2) is 57.1 Å². The zero-order valence-electron chi connectivity index (χ0n) is 22.2. The van der Waals surface area contributed by atoms with Crippen molar-refractivity contribution in [3.63, 3.8) is 0 Å². The molecule has 4 rings (SSSR count). The molecule has 11 heteroatoms. The van der Waals surface area contributed by atoms with Crippen LogP contribution < -0.4 is 16.2 Å². The van der Waals surface area contributed by atoms with Crippen LogP contribution in [0.25, 0.3) is 10.9 Å². The van der Waals surface area contributed by atoms with Gasteiger partial charge in [0.2, 0.25) is 0 Å². The van der Waals surface area contributed by atoms with Crippen LogP contribution in [0.2, 0.25) is 0 Å². The lowest BCUT2D eigenvalue weighted by Gasteiger charge is -2.40. The fourth-order valence-electron chi connectivity index (χ4n) is 5.20. The van der Waals surface area contributed by atoms with E-state index in [1.54, 1.807) is 18.2 Å². The van der Waals surface area contributed by atoms with Gasteiger partial charge in [-0.3, -0.25) is 0 Å². The minimum atomic E-state index is -4.45. The minimum Gasteiger partial charge on any atom is -0.479 e. The highest BCUT2D eigenvalue weighted by atomic mass is 32.2. The molecule has 0 radical (unpaired) electrons. The number of fused-ring (bicyclic) bond motifs is 1. The van der Waals surface area contributed by atoms with E-state index in [0.717, 1.165) is 42.1 Å². The van der Waals surface area contributed by atoms with E-state index in [4.69, 9.17) is 16.2 Å². The Morgan fingerprint density at radius 2 is 1.85 bits per heavy atom. The van der Waals surface area contributed by atoms with Gasteiger partial charge in [0, 0.05) is 28.7 Å². The zero-order valence-corrected chi connectivity index (χ0v) is 23.0. The van der Waals surface area contributed by atoms with Gasteiger partial charge >= 0.3 is 6.18 Å². The van der Waals surface area contributed by atoms with Gasteiger partial charge < -0.3 is 25.7 Å². The van der Waals surface area contributed by atoms with Crippen molar-refractivity contribution >= 4 is 26.4 Å². The molecule has 1 heterocycles. The fourth-order valence-corrected chi connectivity index (χ4v) is 5.86. The summed E-state index contributed by atoms with van der Waals surface area (Å²) in [6.07, 6.45) is -0.111. The first kappa shape index (κ1) is 28.8. The van der Waals surface area contributed by atoms with Gasteiger partial charge in [0.05, 0.1) is 16.3 Å². The van der Waals surface area contributed by atoms with Gasteiger partial charge in [0.25, 0.3) is 0 Å². The average Bonchev–Trinajstić information content (AvgIpc) is 3.18. The first-order valence-electron chi connectivity index (χ1n) is 12.5. The quantitative estimate of drug-likeness (QED) is 0.344. The van der Waals surface area contributed by atoms with Crippen LogP contribution in [0.15, 0.2) is 47.4 Å². The lowest BCUT2D eigenvalue weighted by molar-refractivity contribution is -0.140. The number of benzene rings is 2. The molecular weight excluding hydrogens is 529 g/mol. The Bertz CT molecular complexity index is 1530. The third-order valence-corrected chi connectivity index (χ3v) is 8.43. The molecule has 0 unspecified atom stereocenters. The molecular formula is C28H33F3N4O3S. The second-order valence-electron chi connectivity index (χ2n) is 10.4. The summed E-state index contributed by atoms with van der Waals surface area (Å²) in [5.74, 6) is 5.81. The lowest BCUT2D eigenvalue weighted by Crippen LogP contribution is -2.44. The van der Waals surface area contributed by atoms with E-state index in [0.29, 0.717) is 16.9 Å². The minimum absolute atomic E-state index is 0.0544. The largest absolute Gasteiger partial charge is 0.479 e. The van der Waals surface area contributed by atoms with Crippen molar-refractivity contribution in [2.75, 3.05) is 32.7 Å². The maximum Gasteiger partial charge on any atom is 0.406 e. The number of hydrogen-bond donors (Lipinski definition) is 2. The van der Waals surface area contributed by atoms with Crippen LogP contribution >= 0.6 is 0 Å². The van der Waals surface area contributed by atoms with E-state index < -0.39 is 28.1 Å². The molecule has 39 heavy (non-hydrogen) atoms. The number of nitrogen functional groups attached to an aromatic ring is 1. The van der Waals surface area contributed by atoms with Crippen LogP contribution in [0.5, 0.6) is 5.75 Å². The van der Waals surface area contributed by atoms with Crippen molar-refractivity contribution in [2.24, 2.45) is 5.73 Å². The summed E-state index contributed by atoms with van der Waals surface area (Å²) in [5, 5.41) is 0.665. The Morgan fingerprint density at radius 3 is 2.44 bits per heavy atom. The third-order valence-electron chi connectivity index (χ3n) is 7.32. The summed E-state index contributed by atoms with van der Waals surface area (Å²) in [5.41, 5.74) is 13.7. The summed E-state index contributed by atoms with van der Waals surface area (Å²) >= 11 is 0. The molecule has 0 spiro atoms. The molecule has 1 saturated carbocycles. The molecule has 7 nitrogen and oxygen atoms in total. The summed E-state index contributed by atoms with van der Waals surface area (Å²) in [7, 11) is 0.655. The van der Waals surface area contributed by atoms with Gasteiger partial charge in [-0.05, 0) is 81.6 Å². The van der Waals surface area contributed by atoms with E-state index in [-0.39, 0.29) is 28.6 Å². The van der Waals surface area contributed by atoms with E-state index in [2.05, 4.69) is 16.7 Å². The number of nitrogens with two attached hydrogens (primary N) is 2. The van der Waals surface area contributed by atoms with Gasteiger partial charge in [-0.1, -0.05) is 18.1 Å². The van der Waals surface area contributed by atoms with E-state index in [9.17, 15) is 21.6 Å². The molecule has 0 aliphatic heterocycles. The fraction of sp³-hybridized carbons (Fsp3) is 0.429. The average molecular weight is 563 g/mol. The highest BCUT2D eigenvalue weighted by Gasteiger charge is 2.36. The van der Waals surface area contributed by atoms with Crippen molar-refractivity contribution in [2.45, 2.75) is 54.9 Å². The summed E-state index contributed by atoms with van der Waals surface area (Å²) in [4.78, 5) is 2.24. The van der Waals surface area contributed by atoms with Crippen molar-refractivity contribution in [1.82, 2.24) is 9.47 Å². The van der Waals surface area contributed by atoms with Gasteiger partial charge in [-0.2, -0.15) is 13.2 Å². The molecule has 1 fully saturated rings. The molecule has 0 bridgehead atoms. The topological polar surface area (TPSA) is 104 Å². The Balaban J connectivity index is 1.64. The normalized spacial score (nSPS) is 20.2. The maximum atomic E-state index is 13.6. The van der Waals surface area contributed by atoms with Crippen LogP contribution in [0.3, 0.4) is 0 Å². The van der Waals surface area contributed by atoms with Crippen LogP contribution in [-0.2, 0) is 21.9 Å². The number of anilines is 1. The van der Waals surface area contributed by atoms with Crippen molar-refractivity contribution in [1.29, 1.82) is 0 Å². The summed E-state index contributed by atoms with van der Waals surface area (Å²) in [6, 6.07) is 11.5. The van der Waals surface area contributed by atoms with Crippen LogP contribution in [0.1, 0.15) is 36.9 Å². The number of sulfone groups is 1. The highest BCUT2D eigenvalue weighted by Crippen LogP contribution is 2.40. The number of ether oxygens (including phenoxy) is 1. The van der Waals surface area contributed by atoms with E-state index in [1.165, 1.54) is 18.2 Å². The molecule has 210 valence electrons. The SMILES string of the molecule is CN(C)C1CCC(N)(c2cccc3c2cc(C#CCOc2ccc(S(C)(=O)=O)cc2N)n3CC(F)(F)F)CC1. The molecule has 0 saturated heterocycles. The first-order chi connectivity index (χ1) is 18.2. The Hall–Kier alpha value is -3.20. The number of alkyl halides is 3. The smallest absolute Gasteiger partial charge is 0.406 e. The molecule has 1 aliphatic carbocycles. The van der Waals surface area contributed by atoms with Gasteiger partial charge in [0.1, 0.15) is 18.9 Å². The number of aromatic nitrogens is 1. The van der Waals surface area contributed by atoms with Gasteiger partial charge in [0.15, 0.2) is 9.84 Å². The standard InChI is InChI=1S/C28H33F3N4O3S/c1-34(2)19-11-13-27(33,14-12-19)23-7-4-8-25-22(23)16-20(35(25)18-28(29,30)31)6-5-15-38-26-10-9-21(17-24(26)32)39(3,36)37/h4,7-10,16-17,19H,11-15,18,32-33H2,1-3H3. The lowest BCUT2D eigenvalue weighted by atomic mass is 9.74. The van der Waals surface area contributed by atoms with E-state index >= 15 is 0 Å². The van der Waals surface area contributed by atoms with Crippen molar-refractivity contribution < 1.29 is 26.3 Å². The number of halogens is 3. The molecule has 2 aromatic carbocycles. The van der Waals surface area contributed by atoms with E-state index in [1.807, 2.05) is 20.2 Å².